The highest BCUT2D eigenvalue weighted by molar-refractivity contribution is 6.06. The Morgan fingerprint density at radius 2 is 1.64 bits per heavy atom. The zero-order valence-electron chi connectivity index (χ0n) is 22.5. The van der Waals surface area contributed by atoms with Crippen LogP contribution in [0.4, 0.5) is 0 Å². The molecule has 3 aromatic carbocycles. The van der Waals surface area contributed by atoms with Gasteiger partial charge in [-0.2, -0.15) is 0 Å². The summed E-state index contributed by atoms with van der Waals surface area (Å²) in [5, 5.41) is 12.9. The zero-order valence-corrected chi connectivity index (χ0v) is 22.5. The number of carboxylic acids is 1. The second kappa shape index (κ2) is 14.0. The van der Waals surface area contributed by atoms with Crippen LogP contribution in [0, 0.1) is 6.92 Å². The molecule has 1 atom stereocenters. The Bertz CT molecular complexity index is 1430. The van der Waals surface area contributed by atoms with Gasteiger partial charge in [-0.15, -0.1) is 0 Å². The molecule has 0 bridgehead atoms. The lowest BCUT2D eigenvalue weighted by Gasteiger charge is -2.20. The molecule has 200 valence electrons. The number of aldehydes is 1. The van der Waals surface area contributed by atoms with Crippen LogP contribution in [0.5, 0.6) is 0 Å². The number of carboxylic acid groups (broad SMARTS) is 1. The molecule has 1 unspecified atom stereocenters. The van der Waals surface area contributed by atoms with E-state index in [1.165, 1.54) is 23.8 Å². The van der Waals surface area contributed by atoms with Crippen molar-refractivity contribution >= 4 is 23.6 Å². The van der Waals surface area contributed by atoms with Gasteiger partial charge in [-0.25, -0.2) is 4.79 Å². The van der Waals surface area contributed by atoms with Crippen molar-refractivity contribution in [2.45, 2.75) is 26.3 Å². The van der Waals surface area contributed by atoms with Gasteiger partial charge in [0.25, 0.3) is 0 Å². The van der Waals surface area contributed by atoms with Crippen molar-refractivity contribution in [3.63, 3.8) is 0 Å². The van der Waals surface area contributed by atoms with Crippen molar-refractivity contribution < 1.29 is 19.5 Å². The minimum Gasteiger partial charge on any atom is -0.478 e. The van der Waals surface area contributed by atoms with Gasteiger partial charge in [0.2, 0.25) is 0 Å². The van der Waals surface area contributed by atoms with E-state index in [0.29, 0.717) is 30.0 Å². The lowest BCUT2D eigenvalue weighted by Crippen LogP contribution is -2.35. The number of likely N-dealkylation sites (N-methyl/N-ethyl adjacent to an activating group) is 1. The first-order valence-corrected chi connectivity index (χ1v) is 12.7. The van der Waals surface area contributed by atoms with Crippen LogP contribution in [0.2, 0.25) is 0 Å². The predicted molar refractivity (Wildman–Crippen MR) is 156 cm³/mol. The van der Waals surface area contributed by atoms with Gasteiger partial charge in [0.05, 0.1) is 5.56 Å². The van der Waals surface area contributed by atoms with Crippen molar-refractivity contribution in [1.82, 2.24) is 5.32 Å². The number of aryl methyl sites for hydroxylation is 1. The molecule has 3 aromatic rings. The van der Waals surface area contributed by atoms with Gasteiger partial charge in [-0.05, 0) is 84.5 Å². The Hall–Kier alpha value is -4.39. The second-order valence-electron chi connectivity index (χ2n) is 9.31. The first-order chi connectivity index (χ1) is 18.8. The molecule has 6 heteroatoms. The average molecular weight is 523 g/mol. The number of nitrogens with one attached hydrogen (secondary N) is 1. The Labute approximate surface area is 229 Å². The monoisotopic (exact) mass is 522 g/mol. The van der Waals surface area contributed by atoms with Gasteiger partial charge in [0.1, 0.15) is 6.29 Å². The molecule has 0 radical (unpaired) electrons. The molecule has 0 aliphatic heterocycles. The maximum Gasteiger partial charge on any atom is 0.336 e. The van der Waals surface area contributed by atoms with E-state index in [1.54, 1.807) is 18.2 Å². The Kier molecular flexibility index (Phi) is 10.4. The number of ketones is 1. The highest BCUT2D eigenvalue weighted by atomic mass is 16.4. The molecule has 4 N–H and O–H groups in total. The van der Waals surface area contributed by atoms with E-state index in [4.69, 9.17) is 5.73 Å². The average Bonchev–Trinajstić information content (AvgIpc) is 2.94. The van der Waals surface area contributed by atoms with Gasteiger partial charge >= 0.3 is 5.97 Å². The fourth-order valence-electron chi connectivity index (χ4n) is 4.44. The summed E-state index contributed by atoms with van der Waals surface area (Å²) in [6.45, 7) is 4.47. The van der Waals surface area contributed by atoms with E-state index in [9.17, 15) is 19.5 Å². The van der Waals surface area contributed by atoms with Gasteiger partial charge in [0.15, 0.2) is 5.78 Å². The number of nitrogens with two attached hydrogens (primary N) is 1. The number of allylic oxidation sites excluding steroid dienone is 5. The first kappa shape index (κ1) is 29.2. The summed E-state index contributed by atoms with van der Waals surface area (Å²) in [6, 6.07) is 23.1. The molecule has 0 aromatic heterocycles. The zero-order chi connectivity index (χ0) is 28.4. The Morgan fingerprint density at radius 3 is 2.23 bits per heavy atom. The molecular formula is C33H34N2O4. The Morgan fingerprint density at radius 1 is 0.949 bits per heavy atom. The van der Waals surface area contributed by atoms with Crippen LogP contribution in [0.15, 0.2) is 102 Å². The third-order valence-electron chi connectivity index (χ3n) is 6.58. The molecule has 0 heterocycles. The Balaban J connectivity index is 0.000000293. The van der Waals surface area contributed by atoms with Crippen LogP contribution in [-0.4, -0.2) is 42.8 Å². The van der Waals surface area contributed by atoms with Crippen LogP contribution in [0.3, 0.4) is 0 Å². The van der Waals surface area contributed by atoms with E-state index < -0.39 is 5.97 Å². The molecule has 0 amide bonds. The summed E-state index contributed by atoms with van der Waals surface area (Å²) in [5.41, 5.74) is 11.9. The maximum absolute atomic E-state index is 11.9. The minimum atomic E-state index is -1.11. The highest BCUT2D eigenvalue weighted by Gasteiger charge is 2.21. The summed E-state index contributed by atoms with van der Waals surface area (Å²) in [5.74, 6) is -1.21. The van der Waals surface area contributed by atoms with Gasteiger partial charge in [-0.1, -0.05) is 72.8 Å². The molecule has 0 saturated carbocycles. The van der Waals surface area contributed by atoms with E-state index in [0.717, 1.165) is 34.3 Å². The van der Waals surface area contributed by atoms with Crippen molar-refractivity contribution in [3.8, 4) is 0 Å². The van der Waals surface area contributed by atoms with Gasteiger partial charge in [-0.3, -0.25) is 9.59 Å². The van der Waals surface area contributed by atoms with Crippen molar-refractivity contribution in [1.29, 1.82) is 0 Å². The third-order valence-corrected chi connectivity index (χ3v) is 6.58. The maximum atomic E-state index is 11.9. The van der Waals surface area contributed by atoms with Crippen molar-refractivity contribution in [3.05, 3.63) is 136 Å². The van der Waals surface area contributed by atoms with Crippen LogP contribution in [-0.2, 0) is 11.2 Å². The second-order valence-corrected chi connectivity index (χ2v) is 9.31. The number of rotatable bonds is 8. The quantitative estimate of drug-likeness (QED) is 0.352. The standard InChI is InChI=1S/C23H18O4.C10H16N2/c1-14-5-3-4-6-18(14)22(19-10-8-17(25)11-15(19)2)20-9-7-16(13-24)12-21(20)23(26)27;1-12-10(8-11)7-9-5-3-2-4-6-9/h3-13H,1-2H3,(H,26,27);2-6,10,12H,7-8,11H2,1H3/b22-19+;. The van der Waals surface area contributed by atoms with Gasteiger partial charge in [0, 0.05) is 18.2 Å². The molecule has 4 rings (SSSR count). The first-order valence-electron chi connectivity index (χ1n) is 12.7. The smallest absolute Gasteiger partial charge is 0.336 e. The predicted octanol–water partition coefficient (Wildman–Crippen LogP) is 5.17. The number of hydrogen-bond acceptors (Lipinski definition) is 5. The molecule has 1 aliphatic carbocycles. The summed E-state index contributed by atoms with van der Waals surface area (Å²) in [4.78, 5) is 34.7. The largest absolute Gasteiger partial charge is 0.478 e. The van der Waals surface area contributed by atoms with Crippen molar-refractivity contribution in [2.75, 3.05) is 13.6 Å². The van der Waals surface area contributed by atoms with E-state index >= 15 is 0 Å². The highest BCUT2D eigenvalue weighted by Crippen LogP contribution is 2.36. The number of benzene rings is 3. The number of carbonyl (C=O) groups is 3. The minimum absolute atomic E-state index is 0.0449. The van der Waals surface area contributed by atoms with E-state index in [2.05, 4.69) is 29.6 Å². The van der Waals surface area contributed by atoms with E-state index in [1.807, 2.05) is 51.2 Å². The van der Waals surface area contributed by atoms with Crippen LogP contribution in [0.25, 0.3) is 5.57 Å². The lowest BCUT2D eigenvalue weighted by molar-refractivity contribution is -0.110. The third kappa shape index (κ3) is 7.57. The summed E-state index contributed by atoms with van der Waals surface area (Å²) < 4.78 is 0. The summed E-state index contributed by atoms with van der Waals surface area (Å²) >= 11 is 0. The van der Waals surface area contributed by atoms with Gasteiger partial charge < -0.3 is 16.2 Å². The van der Waals surface area contributed by atoms with Crippen LogP contribution in [0.1, 0.15) is 49.9 Å². The fraction of sp³-hybridized carbons (Fsp3) is 0.182. The number of carbonyl (C=O) groups excluding carboxylic acids is 2. The topological polar surface area (TPSA) is 109 Å². The SMILES string of the molecule is CC1=CC(=O)C=C/C1=C(/c1ccccc1C)c1ccc(C=O)cc1C(=O)O.CNC(CN)Cc1ccccc1. The molecule has 39 heavy (non-hydrogen) atoms. The number of hydrogen-bond donors (Lipinski definition) is 3. The summed E-state index contributed by atoms with van der Waals surface area (Å²) in [7, 11) is 1.94. The summed E-state index contributed by atoms with van der Waals surface area (Å²) in [6.07, 6.45) is 6.36. The molecular weight excluding hydrogens is 488 g/mol. The molecule has 1 aliphatic rings. The van der Waals surface area contributed by atoms with Crippen LogP contribution >= 0.6 is 0 Å². The fourth-order valence-corrected chi connectivity index (χ4v) is 4.44. The molecule has 0 saturated heterocycles. The lowest BCUT2D eigenvalue weighted by atomic mass is 9.83. The van der Waals surface area contributed by atoms with Crippen LogP contribution < -0.4 is 11.1 Å². The normalized spacial score (nSPS) is 14.6. The molecule has 6 nitrogen and oxygen atoms in total. The van der Waals surface area contributed by atoms with Crippen molar-refractivity contribution in [2.24, 2.45) is 5.73 Å². The van der Waals surface area contributed by atoms with E-state index in [-0.39, 0.29) is 11.3 Å². The molecule has 0 spiro atoms. The number of aromatic carboxylic acids is 1. The molecule has 0 fully saturated rings.